The third kappa shape index (κ3) is 5.15. The summed E-state index contributed by atoms with van der Waals surface area (Å²) in [4.78, 5) is 24.2. The van der Waals surface area contributed by atoms with Crippen LogP contribution in [0.15, 0.2) is 48.5 Å². The molecule has 2 aromatic carbocycles. The van der Waals surface area contributed by atoms with Crippen molar-refractivity contribution in [2.75, 3.05) is 13.2 Å². The van der Waals surface area contributed by atoms with Crippen LogP contribution in [0.5, 0.6) is 11.5 Å². The number of benzene rings is 2. The maximum absolute atomic E-state index is 12.9. The summed E-state index contributed by atoms with van der Waals surface area (Å²) in [6, 6.07) is 14.8. The van der Waals surface area contributed by atoms with Gasteiger partial charge < -0.3 is 14.6 Å². The van der Waals surface area contributed by atoms with Gasteiger partial charge in [0.2, 0.25) is 0 Å². The SMILES string of the molecule is CC(C)(C)C(=O)c1sc2ccccc2c1OCCOc1ccc(CC(=O)O)cc1. The standard InChI is InChI=1S/C23H24O5S/c1-23(2,3)22(26)21-20(17-6-4-5-7-18(17)29-21)28-13-12-27-16-10-8-15(9-11-16)14-19(24)25/h4-11H,12-14H2,1-3H3,(H,24,25). The van der Waals surface area contributed by atoms with E-state index in [9.17, 15) is 9.59 Å². The van der Waals surface area contributed by atoms with E-state index in [2.05, 4.69) is 0 Å². The molecule has 1 heterocycles. The van der Waals surface area contributed by atoms with Gasteiger partial charge in [-0.25, -0.2) is 0 Å². The third-order valence-corrected chi connectivity index (χ3v) is 5.47. The molecule has 3 rings (SSSR count). The number of carboxylic acid groups (broad SMARTS) is 1. The van der Waals surface area contributed by atoms with Crippen LogP contribution in [0.4, 0.5) is 0 Å². The Morgan fingerprint density at radius 3 is 2.28 bits per heavy atom. The molecular formula is C23H24O5S. The minimum Gasteiger partial charge on any atom is -0.490 e. The first kappa shape index (κ1) is 20.9. The summed E-state index contributed by atoms with van der Waals surface area (Å²) in [6.45, 7) is 6.31. The number of Topliss-reactive ketones (excluding diaryl/α,β-unsaturated/α-hetero) is 1. The van der Waals surface area contributed by atoms with Gasteiger partial charge in [0.15, 0.2) is 5.78 Å². The Kier molecular flexibility index (Phi) is 6.23. The average Bonchev–Trinajstić information content (AvgIpc) is 3.03. The number of carbonyl (C=O) groups excluding carboxylic acids is 1. The van der Waals surface area contributed by atoms with Crippen LogP contribution in [-0.4, -0.2) is 30.1 Å². The van der Waals surface area contributed by atoms with E-state index in [1.807, 2.05) is 45.0 Å². The minimum atomic E-state index is -0.865. The van der Waals surface area contributed by atoms with Crippen molar-refractivity contribution in [1.82, 2.24) is 0 Å². The second-order valence-electron chi connectivity index (χ2n) is 7.75. The number of ketones is 1. The van der Waals surface area contributed by atoms with Crippen molar-refractivity contribution >= 4 is 33.2 Å². The maximum atomic E-state index is 12.9. The van der Waals surface area contributed by atoms with Gasteiger partial charge in [-0.15, -0.1) is 11.3 Å². The number of fused-ring (bicyclic) bond motifs is 1. The van der Waals surface area contributed by atoms with Gasteiger partial charge in [-0.2, -0.15) is 0 Å². The van der Waals surface area contributed by atoms with Crippen molar-refractivity contribution < 1.29 is 24.2 Å². The second kappa shape index (κ2) is 8.66. The molecule has 0 saturated heterocycles. The van der Waals surface area contributed by atoms with Crippen LogP contribution in [0, 0.1) is 5.41 Å². The fourth-order valence-electron chi connectivity index (χ4n) is 2.84. The molecule has 0 aliphatic carbocycles. The highest BCUT2D eigenvalue weighted by molar-refractivity contribution is 7.21. The molecule has 0 fully saturated rings. The van der Waals surface area contributed by atoms with Gasteiger partial charge in [0, 0.05) is 15.5 Å². The molecule has 0 unspecified atom stereocenters. The van der Waals surface area contributed by atoms with Crippen LogP contribution in [-0.2, 0) is 11.2 Å². The molecule has 0 aliphatic rings. The largest absolute Gasteiger partial charge is 0.490 e. The van der Waals surface area contributed by atoms with Crippen molar-refractivity contribution in [3.63, 3.8) is 0 Å². The summed E-state index contributed by atoms with van der Waals surface area (Å²) in [5, 5.41) is 9.75. The zero-order valence-electron chi connectivity index (χ0n) is 16.7. The van der Waals surface area contributed by atoms with Crippen molar-refractivity contribution in [3.8, 4) is 11.5 Å². The molecule has 0 amide bonds. The van der Waals surface area contributed by atoms with Gasteiger partial charge in [-0.1, -0.05) is 45.0 Å². The van der Waals surface area contributed by atoms with Crippen LogP contribution in [0.2, 0.25) is 0 Å². The highest BCUT2D eigenvalue weighted by atomic mass is 32.1. The highest BCUT2D eigenvalue weighted by Gasteiger charge is 2.29. The van der Waals surface area contributed by atoms with Crippen LogP contribution < -0.4 is 9.47 Å². The number of carbonyl (C=O) groups is 2. The van der Waals surface area contributed by atoms with Crippen molar-refractivity contribution in [3.05, 3.63) is 59.0 Å². The fraction of sp³-hybridized carbons (Fsp3) is 0.304. The van der Waals surface area contributed by atoms with E-state index in [-0.39, 0.29) is 12.2 Å². The summed E-state index contributed by atoms with van der Waals surface area (Å²) in [5.41, 5.74) is 0.226. The summed E-state index contributed by atoms with van der Waals surface area (Å²) in [7, 11) is 0. The highest BCUT2D eigenvalue weighted by Crippen LogP contribution is 2.40. The molecule has 3 aromatic rings. The lowest BCUT2D eigenvalue weighted by Crippen LogP contribution is -2.20. The Hall–Kier alpha value is -2.86. The molecule has 0 bridgehead atoms. The van der Waals surface area contributed by atoms with Crippen LogP contribution in [0.1, 0.15) is 36.0 Å². The van der Waals surface area contributed by atoms with E-state index >= 15 is 0 Å². The molecule has 0 spiro atoms. The first-order valence-corrected chi connectivity index (χ1v) is 10.2. The van der Waals surface area contributed by atoms with Gasteiger partial charge in [0.1, 0.15) is 29.6 Å². The van der Waals surface area contributed by atoms with E-state index < -0.39 is 11.4 Å². The molecule has 0 radical (unpaired) electrons. The summed E-state index contributed by atoms with van der Waals surface area (Å²) < 4.78 is 12.7. The first-order valence-electron chi connectivity index (χ1n) is 9.38. The second-order valence-corrected chi connectivity index (χ2v) is 8.80. The van der Waals surface area contributed by atoms with Gasteiger partial charge in [0.05, 0.1) is 6.42 Å². The summed E-state index contributed by atoms with van der Waals surface area (Å²) in [6.07, 6.45) is -0.0147. The maximum Gasteiger partial charge on any atom is 0.307 e. The van der Waals surface area contributed by atoms with Gasteiger partial charge >= 0.3 is 5.97 Å². The Morgan fingerprint density at radius 1 is 0.966 bits per heavy atom. The van der Waals surface area contributed by atoms with E-state index in [4.69, 9.17) is 14.6 Å². The van der Waals surface area contributed by atoms with Gasteiger partial charge in [0.25, 0.3) is 0 Å². The van der Waals surface area contributed by atoms with Gasteiger partial charge in [-0.3, -0.25) is 9.59 Å². The number of ether oxygens (including phenoxy) is 2. The van der Waals surface area contributed by atoms with E-state index in [0.29, 0.717) is 29.6 Å². The molecule has 0 saturated carbocycles. The zero-order valence-corrected chi connectivity index (χ0v) is 17.5. The van der Waals surface area contributed by atoms with E-state index in [1.165, 1.54) is 11.3 Å². The number of aliphatic carboxylic acids is 1. The Labute approximate surface area is 173 Å². The lowest BCUT2D eigenvalue weighted by atomic mass is 9.89. The van der Waals surface area contributed by atoms with E-state index in [1.54, 1.807) is 24.3 Å². The van der Waals surface area contributed by atoms with Crippen LogP contribution in [0.3, 0.4) is 0 Å². The number of hydrogen-bond acceptors (Lipinski definition) is 5. The van der Waals surface area contributed by atoms with Crippen molar-refractivity contribution in [1.29, 1.82) is 0 Å². The van der Waals surface area contributed by atoms with Crippen molar-refractivity contribution in [2.45, 2.75) is 27.2 Å². The summed E-state index contributed by atoms with van der Waals surface area (Å²) in [5.74, 6) is 0.453. The molecule has 1 N–H and O–H groups in total. The minimum absolute atomic E-state index is 0.0147. The van der Waals surface area contributed by atoms with Crippen LogP contribution in [0.25, 0.3) is 10.1 Å². The quantitative estimate of drug-likeness (QED) is 0.406. The Morgan fingerprint density at radius 2 is 1.62 bits per heavy atom. The lowest BCUT2D eigenvalue weighted by molar-refractivity contribution is -0.136. The summed E-state index contributed by atoms with van der Waals surface area (Å²) >= 11 is 1.46. The smallest absolute Gasteiger partial charge is 0.307 e. The molecule has 5 nitrogen and oxygen atoms in total. The molecular weight excluding hydrogens is 388 g/mol. The van der Waals surface area contributed by atoms with Gasteiger partial charge in [-0.05, 0) is 29.8 Å². The predicted octanol–water partition coefficient (Wildman–Crippen LogP) is 5.22. The Bertz CT molecular complexity index is 1010. The normalized spacial score (nSPS) is 11.4. The number of hydrogen-bond donors (Lipinski definition) is 1. The van der Waals surface area contributed by atoms with Crippen molar-refractivity contribution in [2.24, 2.45) is 5.41 Å². The molecule has 0 atom stereocenters. The zero-order chi connectivity index (χ0) is 21.0. The Balaban J connectivity index is 1.67. The number of rotatable bonds is 8. The molecule has 0 aliphatic heterocycles. The average molecular weight is 413 g/mol. The number of carboxylic acids is 1. The fourth-order valence-corrected chi connectivity index (χ4v) is 4.13. The topological polar surface area (TPSA) is 72.8 Å². The molecule has 1 aromatic heterocycles. The molecule has 152 valence electrons. The first-order chi connectivity index (χ1) is 13.8. The van der Waals surface area contributed by atoms with E-state index in [0.717, 1.165) is 15.6 Å². The molecule has 6 heteroatoms. The monoisotopic (exact) mass is 412 g/mol. The number of thiophene rings is 1. The molecule has 29 heavy (non-hydrogen) atoms. The predicted molar refractivity (Wildman–Crippen MR) is 114 cm³/mol. The third-order valence-electron chi connectivity index (χ3n) is 4.31. The van der Waals surface area contributed by atoms with Crippen LogP contribution >= 0.6 is 11.3 Å². The lowest BCUT2D eigenvalue weighted by Gasteiger charge is -2.17.